The number of para-hydroxylation sites is 1. The van der Waals surface area contributed by atoms with Crippen LogP contribution < -0.4 is 5.09 Å². The Kier molecular flexibility index (Phi) is 10.4. The summed E-state index contributed by atoms with van der Waals surface area (Å²) in [4.78, 5) is 0. The quantitative estimate of drug-likeness (QED) is 0.514. The summed E-state index contributed by atoms with van der Waals surface area (Å²) in [6.45, 7) is 11.5. The van der Waals surface area contributed by atoms with Gasteiger partial charge in [-0.15, -0.1) is 0 Å². The van der Waals surface area contributed by atoms with Crippen LogP contribution in [0, 0.1) is 0 Å². The van der Waals surface area contributed by atoms with E-state index >= 15 is 0 Å². The topological polar surface area (TPSA) is 12.0 Å². The third-order valence-corrected chi connectivity index (χ3v) is 2.89. The molecule has 0 fully saturated rings. The largest absolute Gasteiger partial charge is 0.354 e. The maximum Gasteiger partial charge on any atom is 0.0717 e. The Bertz CT molecular complexity index is 399. The molecule has 1 rings (SSSR count). The number of rotatable bonds is 5. The Morgan fingerprint density at radius 3 is 2.56 bits per heavy atom. The number of nitrogens with one attached hydrogen (secondary N) is 1. The monoisotopic (exact) mass is 281 g/mol. The summed E-state index contributed by atoms with van der Waals surface area (Å²) >= 11 is 5.64. The normalized spacial score (nSPS) is 10.2. The van der Waals surface area contributed by atoms with Crippen molar-refractivity contribution in [2.75, 3.05) is 5.09 Å². The molecule has 1 nitrogen and oxygen atoms in total. The van der Waals surface area contributed by atoms with Crippen molar-refractivity contribution in [1.82, 2.24) is 0 Å². The van der Waals surface area contributed by atoms with E-state index in [0.29, 0.717) is 0 Å². The van der Waals surface area contributed by atoms with Crippen molar-refractivity contribution in [1.29, 1.82) is 0 Å². The predicted molar refractivity (Wildman–Crippen MR) is 88.6 cm³/mol. The molecule has 1 N–H and O–H groups in total. The molecule has 0 heterocycles. The highest BCUT2D eigenvalue weighted by Gasteiger charge is 2.02. The molecule has 1 aromatic carbocycles. The summed E-state index contributed by atoms with van der Waals surface area (Å²) < 4.78 is 0. The number of allylic oxidation sites excluding steroid dienone is 4. The minimum Gasteiger partial charge on any atom is -0.354 e. The van der Waals surface area contributed by atoms with Gasteiger partial charge in [0.1, 0.15) is 0 Å². The first-order valence-electron chi connectivity index (χ1n) is 5.83. The van der Waals surface area contributed by atoms with Crippen LogP contribution in [0.15, 0.2) is 55.7 Å². The van der Waals surface area contributed by atoms with Gasteiger partial charge in [0.2, 0.25) is 0 Å². The van der Waals surface area contributed by atoms with E-state index in [0.717, 1.165) is 23.2 Å². The summed E-state index contributed by atoms with van der Waals surface area (Å²) in [5.41, 5.74) is 3.37. The zero-order chi connectivity index (χ0) is 13.8. The number of hydrogen-bond donors (Lipinski definition) is 1. The molecule has 18 heavy (non-hydrogen) atoms. The summed E-state index contributed by atoms with van der Waals surface area (Å²) in [6, 6.07) is 8.08. The molecule has 0 bridgehead atoms. The molecule has 1 unspecified atom stereocenters. The maximum absolute atomic E-state index is 5.64. The fourth-order valence-electron chi connectivity index (χ4n) is 1.28. The van der Waals surface area contributed by atoms with Crippen LogP contribution in [-0.4, -0.2) is 0 Å². The maximum atomic E-state index is 5.64. The summed E-state index contributed by atoms with van der Waals surface area (Å²) in [6.07, 6.45) is 6.54. The standard InChI is InChI=1S/C10H13ClNP.C5H8/c1-3-8(2)9-6-4-5-7-10(9)12-13-11;1-3-5-4-2/h4-7,12-13H,2-3H2,1H3;3-5H,1H2,2H3/b;5-4-. The molecule has 0 aromatic heterocycles. The van der Waals surface area contributed by atoms with Gasteiger partial charge in [-0.1, -0.05) is 67.7 Å². The fraction of sp³-hybridized carbons (Fsp3) is 0.200. The van der Waals surface area contributed by atoms with Gasteiger partial charge >= 0.3 is 0 Å². The van der Waals surface area contributed by atoms with Crippen molar-refractivity contribution in [2.45, 2.75) is 20.3 Å². The molecule has 1 atom stereocenters. The van der Waals surface area contributed by atoms with Crippen LogP contribution in [0.3, 0.4) is 0 Å². The number of hydrogen-bond acceptors (Lipinski definition) is 1. The Hall–Kier alpha value is -1.04. The fourth-order valence-corrected chi connectivity index (χ4v) is 1.90. The summed E-state index contributed by atoms with van der Waals surface area (Å²) in [7, 11) is 0.207. The summed E-state index contributed by atoms with van der Waals surface area (Å²) in [5.74, 6) is 0. The number of halogens is 1. The Morgan fingerprint density at radius 1 is 1.44 bits per heavy atom. The second-order valence-electron chi connectivity index (χ2n) is 3.48. The van der Waals surface area contributed by atoms with E-state index < -0.39 is 0 Å². The lowest BCUT2D eigenvalue weighted by Gasteiger charge is -2.10. The summed E-state index contributed by atoms with van der Waals surface area (Å²) in [5, 5.41) is 3.12. The zero-order valence-electron chi connectivity index (χ0n) is 11.0. The Labute approximate surface area is 117 Å². The highest BCUT2D eigenvalue weighted by Crippen LogP contribution is 2.29. The molecule has 98 valence electrons. The highest BCUT2D eigenvalue weighted by molar-refractivity contribution is 7.69. The van der Waals surface area contributed by atoms with Crippen molar-refractivity contribution in [3.8, 4) is 0 Å². The van der Waals surface area contributed by atoms with E-state index in [1.807, 2.05) is 37.3 Å². The average molecular weight is 282 g/mol. The zero-order valence-corrected chi connectivity index (χ0v) is 12.8. The molecule has 0 aliphatic rings. The van der Waals surface area contributed by atoms with Crippen LogP contribution in [0.4, 0.5) is 5.69 Å². The molecule has 0 saturated heterocycles. The van der Waals surface area contributed by atoms with Crippen LogP contribution in [0.25, 0.3) is 5.57 Å². The van der Waals surface area contributed by atoms with E-state index in [2.05, 4.69) is 31.2 Å². The van der Waals surface area contributed by atoms with Crippen molar-refractivity contribution in [2.24, 2.45) is 0 Å². The molecule has 0 saturated carbocycles. The predicted octanol–water partition coefficient (Wildman–Crippen LogP) is 6.02. The van der Waals surface area contributed by atoms with Crippen molar-refractivity contribution < 1.29 is 0 Å². The molecule has 3 heteroatoms. The van der Waals surface area contributed by atoms with Crippen LogP contribution in [0.2, 0.25) is 0 Å². The van der Waals surface area contributed by atoms with Crippen molar-refractivity contribution in [3.63, 3.8) is 0 Å². The lowest BCUT2D eigenvalue weighted by atomic mass is 10.0. The first kappa shape index (κ1) is 17.0. The van der Waals surface area contributed by atoms with E-state index in [9.17, 15) is 0 Å². The average Bonchev–Trinajstić information content (AvgIpc) is 2.40. The molecule has 0 radical (unpaired) electrons. The number of anilines is 1. The third kappa shape index (κ3) is 6.64. The van der Waals surface area contributed by atoms with Crippen molar-refractivity contribution in [3.05, 3.63) is 61.2 Å². The van der Waals surface area contributed by atoms with Gasteiger partial charge < -0.3 is 5.09 Å². The van der Waals surface area contributed by atoms with Gasteiger partial charge in [-0.05, 0) is 25.0 Å². The first-order chi connectivity index (χ1) is 8.71. The molecule has 0 aliphatic carbocycles. The van der Waals surface area contributed by atoms with Crippen LogP contribution >= 0.6 is 19.3 Å². The second kappa shape index (κ2) is 11.1. The number of benzene rings is 1. The van der Waals surface area contributed by atoms with Gasteiger partial charge in [-0.3, -0.25) is 0 Å². The highest BCUT2D eigenvalue weighted by atomic mass is 35.7. The lowest BCUT2D eigenvalue weighted by molar-refractivity contribution is 1.25. The van der Waals surface area contributed by atoms with Gasteiger partial charge in [0.25, 0.3) is 0 Å². The minimum absolute atomic E-state index is 0.207. The molecule has 0 amide bonds. The van der Waals surface area contributed by atoms with E-state index in [4.69, 9.17) is 11.2 Å². The molecule has 0 spiro atoms. The van der Waals surface area contributed by atoms with E-state index in [-0.39, 0.29) is 8.08 Å². The van der Waals surface area contributed by atoms with Gasteiger partial charge in [-0.2, -0.15) is 0 Å². The van der Waals surface area contributed by atoms with Crippen LogP contribution in [0.1, 0.15) is 25.8 Å². The lowest BCUT2D eigenvalue weighted by Crippen LogP contribution is -1.89. The first-order valence-corrected chi connectivity index (χ1v) is 7.84. The molecule has 0 aliphatic heterocycles. The van der Waals surface area contributed by atoms with Gasteiger partial charge in [0, 0.05) is 11.3 Å². The Morgan fingerprint density at radius 2 is 2.11 bits per heavy atom. The SMILES string of the molecule is C=C(CC)c1ccccc1NPCl.C=C/C=C\C. The molecule has 1 aromatic rings. The van der Waals surface area contributed by atoms with Gasteiger partial charge in [0.15, 0.2) is 0 Å². The van der Waals surface area contributed by atoms with Crippen LogP contribution in [0.5, 0.6) is 0 Å². The van der Waals surface area contributed by atoms with E-state index in [1.165, 1.54) is 0 Å². The minimum atomic E-state index is 0.207. The smallest absolute Gasteiger partial charge is 0.0717 e. The van der Waals surface area contributed by atoms with Gasteiger partial charge in [-0.25, -0.2) is 0 Å². The Balaban J connectivity index is 0.000000494. The second-order valence-corrected chi connectivity index (χ2v) is 4.49. The third-order valence-electron chi connectivity index (χ3n) is 2.25. The van der Waals surface area contributed by atoms with E-state index in [1.54, 1.807) is 6.08 Å². The van der Waals surface area contributed by atoms with Gasteiger partial charge in [0.05, 0.1) is 8.08 Å². The van der Waals surface area contributed by atoms with Crippen molar-refractivity contribution >= 4 is 30.6 Å². The molecular formula is C15H21ClNP. The van der Waals surface area contributed by atoms with Crippen LogP contribution in [-0.2, 0) is 0 Å². The molecular weight excluding hydrogens is 261 g/mol.